The molecule has 0 aliphatic heterocycles. The molecule has 2 rings (SSSR count). The zero-order valence-corrected chi connectivity index (χ0v) is 9.24. The fourth-order valence-electron chi connectivity index (χ4n) is 1.05. The third kappa shape index (κ3) is 1.71. The molecule has 0 unspecified atom stereocenters. The van der Waals surface area contributed by atoms with Crippen LogP contribution in [-0.4, -0.2) is 9.97 Å². The van der Waals surface area contributed by atoms with Crippen LogP contribution >= 0.6 is 27.3 Å². The van der Waals surface area contributed by atoms with Gasteiger partial charge in [-0.25, -0.2) is 4.79 Å². The summed E-state index contributed by atoms with van der Waals surface area (Å²) in [6.45, 7) is 0. The van der Waals surface area contributed by atoms with Crippen molar-refractivity contribution in [2.75, 3.05) is 0 Å². The van der Waals surface area contributed by atoms with Crippen LogP contribution in [0.5, 0.6) is 0 Å². The number of aromatic amines is 2. The molecule has 2 aromatic rings. The molecule has 2 N–H and O–H groups in total. The van der Waals surface area contributed by atoms with Crippen molar-refractivity contribution >= 4 is 27.3 Å². The topological polar surface area (TPSA) is 65.7 Å². The van der Waals surface area contributed by atoms with Gasteiger partial charge < -0.3 is 4.98 Å². The summed E-state index contributed by atoms with van der Waals surface area (Å²) in [7, 11) is 0. The predicted octanol–water partition coefficient (Wildman–Crippen LogP) is 1.55. The fourth-order valence-corrected chi connectivity index (χ4v) is 2.49. The van der Waals surface area contributed by atoms with E-state index in [0.29, 0.717) is 5.56 Å². The third-order valence-corrected chi connectivity index (χ3v) is 3.38. The highest BCUT2D eigenvalue weighted by molar-refractivity contribution is 9.10. The Balaban J connectivity index is 2.63. The Morgan fingerprint density at radius 1 is 1.36 bits per heavy atom. The predicted molar refractivity (Wildman–Crippen MR) is 58.7 cm³/mol. The zero-order chi connectivity index (χ0) is 10.1. The Kier molecular flexibility index (Phi) is 2.39. The number of thiophene rings is 1. The molecule has 0 atom stereocenters. The summed E-state index contributed by atoms with van der Waals surface area (Å²) in [6.07, 6.45) is 1.42. The van der Waals surface area contributed by atoms with Crippen molar-refractivity contribution in [3.63, 3.8) is 0 Å². The molecule has 0 aromatic carbocycles. The highest BCUT2D eigenvalue weighted by atomic mass is 79.9. The summed E-state index contributed by atoms with van der Waals surface area (Å²) in [5.74, 6) is 0. The average molecular weight is 273 g/mol. The molecule has 0 saturated heterocycles. The second-order valence-electron chi connectivity index (χ2n) is 2.61. The molecule has 0 aliphatic carbocycles. The Hall–Kier alpha value is -1.14. The maximum Gasteiger partial charge on any atom is 0.325 e. The number of aromatic nitrogens is 2. The fraction of sp³-hybridized carbons (Fsp3) is 0. The number of nitrogens with one attached hydrogen (secondary N) is 2. The van der Waals surface area contributed by atoms with E-state index < -0.39 is 5.69 Å². The van der Waals surface area contributed by atoms with E-state index in [1.54, 1.807) is 0 Å². The molecule has 0 bridgehead atoms. The zero-order valence-electron chi connectivity index (χ0n) is 6.83. The van der Waals surface area contributed by atoms with Crippen molar-refractivity contribution in [1.82, 2.24) is 9.97 Å². The van der Waals surface area contributed by atoms with Crippen molar-refractivity contribution < 1.29 is 0 Å². The van der Waals surface area contributed by atoms with E-state index in [0.717, 1.165) is 9.35 Å². The number of halogens is 1. The minimum absolute atomic E-state index is 0.372. The molecule has 0 amide bonds. The van der Waals surface area contributed by atoms with Crippen LogP contribution < -0.4 is 11.2 Å². The van der Waals surface area contributed by atoms with E-state index in [1.165, 1.54) is 17.5 Å². The molecule has 0 saturated carbocycles. The van der Waals surface area contributed by atoms with Crippen LogP contribution in [0.2, 0.25) is 0 Å². The van der Waals surface area contributed by atoms with Crippen molar-refractivity contribution in [3.05, 3.63) is 43.0 Å². The van der Waals surface area contributed by atoms with Gasteiger partial charge in [-0.05, 0) is 22.0 Å². The molecule has 0 spiro atoms. The molecule has 0 fully saturated rings. The first-order valence-electron chi connectivity index (χ1n) is 3.73. The SMILES string of the molecule is O=c1[nH]cc(-c2cc(Br)cs2)c(=O)[nH]1. The van der Waals surface area contributed by atoms with E-state index in [9.17, 15) is 9.59 Å². The second kappa shape index (κ2) is 3.55. The van der Waals surface area contributed by atoms with Gasteiger partial charge in [0.1, 0.15) is 0 Å². The number of H-pyrrole nitrogens is 2. The first-order chi connectivity index (χ1) is 6.66. The number of hydrogen-bond donors (Lipinski definition) is 2. The van der Waals surface area contributed by atoms with Crippen molar-refractivity contribution in [2.24, 2.45) is 0 Å². The van der Waals surface area contributed by atoms with Gasteiger partial charge in [-0.15, -0.1) is 11.3 Å². The molecular weight excluding hydrogens is 268 g/mol. The van der Waals surface area contributed by atoms with Crippen molar-refractivity contribution in [2.45, 2.75) is 0 Å². The minimum atomic E-state index is -0.491. The van der Waals surface area contributed by atoms with Crippen LogP contribution in [0.25, 0.3) is 10.4 Å². The first kappa shape index (κ1) is 9.42. The van der Waals surface area contributed by atoms with Gasteiger partial charge in [0.2, 0.25) is 0 Å². The van der Waals surface area contributed by atoms with Crippen LogP contribution in [0.1, 0.15) is 0 Å². The lowest BCUT2D eigenvalue weighted by Crippen LogP contribution is -2.22. The van der Waals surface area contributed by atoms with E-state index in [2.05, 4.69) is 25.9 Å². The molecule has 14 heavy (non-hydrogen) atoms. The maximum atomic E-state index is 11.4. The van der Waals surface area contributed by atoms with Gasteiger partial charge in [0, 0.05) is 20.9 Å². The Bertz CT molecular complexity index is 569. The van der Waals surface area contributed by atoms with Crippen molar-refractivity contribution in [3.8, 4) is 10.4 Å². The lowest BCUT2D eigenvalue weighted by atomic mass is 10.3. The molecule has 2 aromatic heterocycles. The Labute approximate surface area is 90.8 Å². The molecule has 2 heterocycles. The monoisotopic (exact) mass is 272 g/mol. The summed E-state index contributed by atoms with van der Waals surface area (Å²) >= 11 is 4.73. The Morgan fingerprint density at radius 3 is 2.71 bits per heavy atom. The van der Waals surface area contributed by atoms with Crippen LogP contribution in [0.15, 0.2) is 31.7 Å². The highest BCUT2D eigenvalue weighted by Crippen LogP contribution is 2.26. The van der Waals surface area contributed by atoms with Gasteiger partial charge in [-0.2, -0.15) is 0 Å². The van der Waals surface area contributed by atoms with Crippen LogP contribution in [0.3, 0.4) is 0 Å². The van der Waals surface area contributed by atoms with Gasteiger partial charge in [0.05, 0.1) is 5.56 Å². The molecular formula is C8H5BrN2O2S. The Morgan fingerprint density at radius 2 is 2.14 bits per heavy atom. The van der Waals surface area contributed by atoms with E-state index >= 15 is 0 Å². The molecule has 0 aliphatic rings. The largest absolute Gasteiger partial charge is 0.325 e. The third-order valence-electron chi connectivity index (χ3n) is 1.65. The van der Waals surface area contributed by atoms with E-state index in [4.69, 9.17) is 0 Å². The lowest BCUT2D eigenvalue weighted by Gasteiger charge is -1.92. The quantitative estimate of drug-likeness (QED) is 0.828. The molecule has 4 nitrogen and oxygen atoms in total. The highest BCUT2D eigenvalue weighted by Gasteiger charge is 2.05. The van der Waals surface area contributed by atoms with Crippen LogP contribution in [0.4, 0.5) is 0 Å². The van der Waals surface area contributed by atoms with Gasteiger partial charge in [-0.3, -0.25) is 9.78 Å². The summed E-state index contributed by atoms with van der Waals surface area (Å²) in [5.41, 5.74) is -0.391. The average Bonchev–Trinajstić information content (AvgIpc) is 2.51. The normalized spacial score (nSPS) is 10.4. The summed E-state index contributed by atoms with van der Waals surface area (Å²) in [4.78, 5) is 27.5. The van der Waals surface area contributed by atoms with Crippen LogP contribution in [-0.2, 0) is 0 Å². The van der Waals surface area contributed by atoms with E-state index in [-0.39, 0.29) is 5.56 Å². The van der Waals surface area contributed by atoms with Crippen molar-refractivity contribution in [1.29, 1.82) is 0 Å². The standard InChI is InChI=1S/C8H5BrN2O2S/c9-4-1-6(14-3-4)5-2-10-8(13)11-7(5)12/h1-3H,(H2,10,11,12,13). The van der Waals surface area contributed by atoms with Gasteiger partial charge in [-0.1, -0.05) is 0 Å². The summed E-state index contributed by atoms with van der Waals surface area (Å²) < 4.78 is 0.920. The van der Waals surface area contributed by atoms with Crippen LogP contribution in [0, 0.1) is 0 Å². The lowest BCUT2D eigenvalue weighted by molar-refractivity contribution is 1.04. The van der Waals surface area contributed by atoms with E-state index in [1.807, 2.05) is 11.4 Å². The number of hydrogen-bond acceptors (Lipinski definition) is 3. The minimum Gasteiger partial charge on any atom is -0.313 e. The van der Waals surface area contributed by atoms with Gasteiger partial charge in [0.15, 0.2) is 0 Å². The van der Waals surface area contributed by atoms with Gasteiger partial charge in [0.25, 0.3) is 5.56 Å². The summed E-state index contributed by atoms with van der Waals surface area (Å²) in [6, 6.07) is 1.83. The molecule has 0 radical (unpaired) electrons. The van der Waals surface area contributed by atoms with Gasteiger partial charge >= 0.3 is 5.69 Å². The molecule has 6 heteroatoms. The maximum absolute atomic E-state index is 11.4. The smallest absolute Gasteiger partial charge is 0.313 e. The second-order valence-corrected chi connectivity index (χ2v) is 4.44. The first-order valence-corrected chi connectivity index (χ1v) is 5.40. The number of rotatable bonds is 1. The molecule has 72 valence electrons. The summed E-state index contributed by atoms with van der Waals surface area (Å²) in [5, 5.41) is 1.87.